The minimum absolute atomic E-state index is 0.0101. The van der Waals surface area contributed by atoms with Crippen molar-refractivity contribution in [1.29, 1.82) is 0 Å². The zero-order valence-electron chi connectivity index (χ0n) is 39.9. The Labute approximate surface area is 399 Å². The van der Waals surface area contributed by atoms with E-state index in [1.165, 1.54) is 12.1 Å². The minimum Gasteiger partial charge on any atom is -0.456 e. The van der Waals surface area contributed by atoms with Crippen molar-refractivity contribution < 1.29 is 68.5 Å². The summed E-state index contributed by atoms with van der Waals surface area (Å²) in [6, 6.07) is 12.4. The topological polar surface area (TPSA) is 229 Å². The third-order valence-corrected chi connectivity index (χ3v) is 13.5. The molecule has 0 aromatic heterocycles. The second-order valence-electron chi connectivity index (χ2n) is 18.0. The molecule has 5 rings (SSSR count). The molecule has 2 N–H and O–H groups in total. The Balaban J connectivity index is 1.52. The highest BCUT2D eigenvalue weighted by Gasteiger charge is 2.44. The van der Waals surface area contributed by atoms with E-state index in [4.69, 9.17) is 28.2 Å². The van der Waals surface area contributed by atoms with Gasteiger partial charge >= 0.3 is 5.97 Å². The van der Waals surface area contributed by atoms with Crippen LogP contribution in [0.15, 0.2) is 69.6 Å². The molecule has 1 fully saturated rings. The molecule has 0 spiro atoms. The first-order valence-electron chi connectivity index (χ1n) is 22.8. The van der Waals surface area contributed by atoms with Gasteiger partial charge in [0.2, 0.25) is 5.36 Å². The van der Waals surface area contributed by atoms with Gasteiger partial charge in [-0.3, -0.25) is 18.7 Å². The maximum absolute atomic E-state index is 12.5. The van der Waals surface area contributed by atoms with Crippen molar-refractivity contribution in [2.75, 3.05) is 84.1 Å². The number of fused-ring (bicyclic) bond motifs is 2. The first-order valence-corrected chi connectivity index (χ1v) is 25.8. The number of benzene rings is 2. The van der Waals surface area contributed by atoms with E-state index >= 15 is 0 Å². The summed E-state index contributed by atoms with van der Waals surface area (Å²) in [5.41, 5.74) is 2.53. The van der Waals surface area contributed by atoms with Crippen LogP contribution in [0.1, 0.15) is 95.9 Å². The average Bonchev–Trinajstić information content (AvgIpc) is 3.70. The van der Waals surface area contributed by atoms with E-state index in [0.717, 1.165) is 16.5 Å². The summed E-state index contributed by atoms with van der Waals surface area (Å²) < 4.78 is 99.1. The highest BCUT2D eigenvalue weighted by Crippen LogP contribution is 2.51. The van der Waals surface area contributed by atoms with Gasteiger partial charge in [-0.15, -0.1) is 5.06 Å². The smallest absolute Gasteiger partial charge is 0.333 e. The Morgan fingerprint density at radius 2 is 1.51 bits per heavy atom. The van der Waals surface area contributed by atoms with E-state index in [2.05, 4.69) is 37.5 Å². The molecule has 3 heterocycles. The van der Waals surface area contributed by atoms with Crippen LogP contribution >= 0.6 is 0 Å². The van der Waals surface area contributed by atoms with E-state index < -0.39 is 49.2 Å². The Kier molecular flexibility index (Phi) is 19.2. The molecule has 1 saturated heterocycles. The Hall–Kier alpha value is -4.80. The molecule has 3 aliphatic heterocycles. The van der Waals surface area contributed by atoms with Crippen molar-refractivity contribution >= 4 is 49.8 Å². The van der Waals surface area contributed by atoms with Crippen LogP contribution in [0.2, 0.25) is 0 Å². The average molecular weight is 989 g/mol. The number of ether oxygens (including phenoxy) is 4. The normalized spacial score (nSPS) is 17.3. The number of hydrogen-bond donors (Lipinski definition) is 2. The number of methoxy groups -OCH3 is 2. The van der Waals surface area contributed by atoms with Crippen LogP contribution in [-0.2, 0) is 69.2 Å². The number of unbranched alkanes of at least 4 members (excludes halogenated alkanes) is 2. The summed E-state index contributed by atoms with van der Waals surface area (Å²) in [5.74, 6) is -1.16. The third-order valence-electron chi connectivity index (χ3n) is 11.9. The summed E-state index contributed by atoms with van der Waals surface area (Å²) in [6.07, 6.45) is 7.08. The van der Waals surface area contributed by atoms with Crippen LogP contribution in [0.5, 0.6) is 0 Å². The number of allylic oxidation sites excluding steroid dienone is 3. The Morgan fingerprint density at radius 3 is 2.12 bits per heavy atom. The van der Waals surface area contributed by atoms with Gasteiger partial charge < -0.3 is 33.1 Å². The summed E-state index contributed by atoms with van der Waals surface area (Å²) in [6.45, 7) is 12.6. The molecule has 374 valence electrons. The summed E-state index contributed by atoms with van der Waals surface area (Å²) in [4.78, 5) is 43.0. The molecule has 0 bridgehead atoms. The molecule has 0 saturated carbocycles. The van der Waals surface area contributed by atoms with Gasteiger partial charge in [0.05, 0.1) is 43.1 Å². The minimum atomic E-state index is -4.63. The monoisotopic (exact) mass is 988 g/mol. The number of hydroxylamine groups is 2. The maximum atomic E-state index is 12.5. The highest BCUT2D eigenvalue weighted by atomic mass is 32.2. The molecule has 1 aliphatic carbocycles. The van der Waals surface area contributed by atoms with E-state index in [0.29, 0.717) is 112 Å². The number of anilines is 1. The van der Waals surface area contributed by atoms with Crippen molar-refractivity contribution in [3.05, 3.63) is 82.6 Å². The fraction of sp³-hybridized carbons (Fsp3) is 0.542. The molecular weight excluding hydrogens is 923 g/mol. The van der Waals surface area contributed by atoms with Gasteiger partial charge in [0.15, 0.2) is 13.1 Å². The second kappa shape index (κ2) is 24.2. The SMILES string of the molecule is COCCOCC[N+](CCOCCOC)=c1ccc2c(C(C)(C)C)cc(/C=C/C=C3/N(CCCCCC(=O)ON4C(=O)CCC4=O)c4ccc(S(=O)(=O)O)cc4C3(C)CCCS(=O)(=O)O)oc-2c1. The molecule has 1 atom stereocenters. The van der Waals surface area contributed by atoms with Crippen molar-refractivity contribution in [3.63, 3.8) is 0 Å². The van der Waals surface area contributed by atoms with Gasteiger partial charge in [-0.2, -0.15) is 16.8 Å². The zero-order valence-corrected chi connectivity index (χ0v) is 41.5. The molecule has 0 radical (unpaired) electrons. The summed E-state index contributed by atoms with van der Waals surface area (Å²) >= 11 is 0. The lowest BCUT2D eigenvalue weighted by Crippen LogP contribution is -2.36. The fourth-order valence-corrected chi connectivity index (χ4v) is 9.38. The number of rotatable bonds is 26. The maximum Gasteiger partial charge on any atom is 0.333 e. The van der Waals surface area contributed by atoms with Crippen LogP contribution < -0.4 is 14.8 Å². The van der Waals surface area contributed by atoms with Crippen LogP contribution in [0.3, 0.4) is 0 Å². The molecular formula is C48H66N3O15S2+. The number of carbonyl (C=O) groups is 3. The molecule has 18 nitrogen and oxygen atoms in total. The third kappa shape index (κ3) is 14.9. The molecule has 20 heteroatoms. The predicted molar refractivity (Wildman–Crippen MR) is 254 cm³/mol. The van der Waals surface area contributed by atoms with Crippen LogP contribution in [0.25, 0.3) is 17.4 Å². The quantitative estimate of drug-likeness (QED) is 0.0436. The molecule has 4 aliphatic rings. The lowest BCUT2D eigenvalue weighted by atomic mass is 9.77. The summed E-state index contributed by atoms with van der Waals surface area (Å²) in [5, 5.41) is 1.43. The standard InChI is InChI=1S/C48H65N3O15S2/c1-47(2,3)39-33-36(65-42-32-35(15-17-38(39)42)49(23-25-63-29-27-61-5)24-26-64-30-28-62-6)12-10-13-43-48(4,21-11-31-67(55,56)57)40-34-37(68(58,59)60)16-18-41(40)50(43)22-9-7-8-14-46(54)66-51-44(52)19-20-45(51)53/h10,12-13,15-18,32-34H,7-9,11,14,19-31H2,1-6H3,(H-,55,56,57,58,59,60)/p+1. The molecule has 68 heavy (non-hydrogen) atoms. The van der Waals surface area contributed by atoms with E-state index in [1.54, 1.807) is 20.3 Å². The van der Waals surface area contributed by atoms with Crippen molar-refractivity contribution in [2.24, 2.45) is 0 Å². The van der Waals surface area contributed by atoms with Gasteiger partial charge in [0, 0.05) is 68.5 Å². The van der Waals surface area contributed by atoms with Crippen molar-refractivity contribution in [1.82, 2.24) is 9.64 Å². The highest BCUT2D eigenvalue weighted by molar-refractivity contribution is 7.86. The van der Waals surface area contributed by atoms with Crippen LogP contribution in [0.4, 0.5) is 5.69 Å². The largest absolute Gasteiger partial charge is 0.456 e. The molecule has 1 unspecified atom stereocenters. The first kappa shape index (κ1) is 54.1. The number of nitrogens with zero attached hydrogens (tertiary/aromatic N) is 3. The number of hydrogen-bond acceptors (Lipinski definition) is 14. The van der Waals surface area contributed by atoms with E-state index in [9.17, 15) is 40.3 Å². The van der Waals surface area contributed by atoms with Crippen LogP contribution in [-0.4, -0.2) is 128 Å². The van der Waals surface area contributed by atoms with Gasteiger partial charge in [0.1, 0.15) is 24.7 Å². The number of imide groups is 1. The Morgan fingerprint density at radius 1 is 0.853 bits per heavy atom. The van der Waals surface area contributed by atoms with Crippen LogP contribution in [0, 0.1) is 0 Å². The molecule has 2 amide bonds. The van der Waals surface area contributed by atoms with Gasteiger partial charge in [0.25, 0.3) is 32.1 Å². The molecule has 1 aromatic carbocycles. The van der Waals surface area contributed by atoms with Gasteiger partial charge in [-0.05, 0) is 91.6 Å². The fourth-order valence-electron chi connectivity index (χ4n) is 8.36. The summed E-state index contributed by atoms with van der Waals surface area (Å²) in [7, 11) is -5.71. The van der Waals surface area contributed by atoms with Gasteiger partial charge in [-0.1, -0.05) is 33.3 Å². The lowest BCUT2D eigenvalue weighted by Gasteiger charge is -2.30. The molecule has 1 aromatic rings. The van der Waals surface area contributed by atoms with Crippen molar-refractivity contribution in [3.8, 4) is 11.3 Å². The second-order valence-corrected chi connectivity index (χ2v) is 21.0. The van der Waals surface area contributed by atoms with E-state index in [1.807, 2.05) is 42.2 Å². The first-order chi connectivity index (χ1) is 32.2. The Bertz CT molecular complexity index is 2550. The lowest BCUT2D eigenvalue weighted by molar-refractivity contribution is -0.197. The predicted octanol–water partition coefficient (Wildman–Crippen LogP) is 5.54. The van der Waals surface area contributed by atoms with Gasteiger partial charge in [-0.25, -0.2) is 9.37 Å². The number of amides is 2. The van der Waals surface area contributed by atoms with E-state index in [-0.39, 0.29) is 42.4 Å². The number of carbonyl (C=O) groups excluding carboxylic acids is 3. The zero-order chi connectivity index (χ0) is 49.7. The van der Waals surface area contributed by atoms with Crippen molar-refractivity contribution in [2.45, 2.75) is 94.8 Å².